The summed E-state index contributed by atoms with van der Waals surface area (Å²) in [7, 11) is -3.68. The van der Waals surface area contributed by atoms with Gasteiger partial charge in [-0.05, 0) is 12.1 Å². The van der Waals surface area contributed by atoms with Gasteiger partial charge >= 0.3 is 0 Å². The Morgan fingerprint density at radius 3 is 2.24 bits per heavy atom. The molecule has 0 unspecified atom stereocenters. The number of nitro groups is 1. The maximum atomic E-state index is 12.8. The third-order valence-electron chi connectivity index (χ3n) is 4.76. The van der Waals surface area contributed by atoms with Crippen LogP contribution >= 0.6 is 11.3 Å². The highest BCUT2D eigenvalue weighted by molar-refractivity contribution is 7.89. The molecular weight excluding hydrogens is 412 g/mol. The highest BCUT2D eigenvalue weighted by Crippen LogP contribution is 2.29. The van der Waals surface area contributed by atoms with Crippen LogP contribution in [0.5, 0.6) is 0 Å². The molecule has 1 aromatic heterocycles. The third-order valence-corrected chi connectivity index (χ3v) is 7.57. The van der Waals surface area contributed by atoms with E-state index in [4.69, 9.17) is 0 Å². The van der Waals surface area contributed by atoms with Gasteiger partial charge in [0.1, 0.15) is 0 Å². The van der Waals surface area contributed by atoms with E-state index < -0.39 is 14.9 Å². The molecule has 4 rings (SSSR count). The number of hydrogen-bond donors (Lipinski definition) is 0. The smallest absolute Gasteiger partial charge is 0.269 e. The summed E-state index contributed by atoms with van der Waals surface area (Å²) in [5, 5.41) is 13.6. The zero-order valence-corrected chi connectivity index (χ0v) is 17.0. The lowest BCUT2D eigenvalue weighted by Gasteiger charge is -2.33. The minimum absolute atomic E-state index is 0.0668. The lowest BCUT2D eigenvalue weighted by Crippen LogP contribution is -2.48. The van der Waals surface area contributed by atoms with E-state index >= 15 is 0 Å². The van der Waals surface area contributed by atoms with Crippen molar-refractivity contribution in [2.24, 2.45) is 0 Å². The highest BCUT2D eigenvalue weighted by Gasteiger charge is 2.29. The molecule has 0 spiro atoms. The fourth-order valence-electron chi connectivity index (χ4n) is 3.16. The molecule has 0 bridgehead atoms. The second kappa shape index (κ2) is 7.90. The highest BCUT2D eigenvalue weighted by atomic mass is 32.2. The van der Waals surface area contributed by atoms with Crippen molar-refractivity contribution in [3.05, 3.63) is 70.1 Å². The van der Waals surface area contributed by atoms with E-state index in [1.807, 2.05) is 35.7 Å². The van der Waals surface area contributed by atoms with Crippen LogP contribution in [0.2, 0.25) is 0 Å². The second-order valence-corrected chi connectivity index (χ2v) is 9.30. The summed E-state index contributed by atoms with van der Waals surface area (Å²) in [5.41, 5.74) is 1.83. The van der Waals surface area contributed by atoms with Gasteiger partial charge in [0.2, 0.25) is 10.0 Å². The number of nitro benzene ring substituents is 1. The maximum absolute atomic E-state index is 12.8. The first kappa shape index (κ1) is 19.5. The number of thiazole rings is 1. The van der Waals surface area contributed by atoms with Crippen LogP contribution in [0.4, 0.5) is 10.8 Å². The summed E-state index contributed by atoms with van der Waals surface area (Å²) in [6.07, 6.45) is 0. The number of sulfonamides is 1. The van der Waals surface area contributed by atoms with Crippen LogP contribution in [0.25, 0.3) is 11.3 Å². The van der Waals surface area contributed by atoms with E-state index in [1.54, 1.807) is 11.3 Å². The lowest BCUT2D eigenvalue weighted by atomic mass is 10.2. The Labute approximate surface area is 172 Å². The summed E-state index contributed by atoms with van der Waals surface area (Å²) < 4.78 is 27.1. The number of nitrogens with zero attached hydrogens (tertiary/aromatic N) is 4. The van der Waals surface area contributed by atoms with Crippen LogP contribution in [0.1, 0.15) is 0 Å². The van der Waals surface area contributed by atoms with E-state index in [9.17, 15) is 18.5 Å². The molecule has 1 fully saturated rings. The molecule has 29 heavy (non-hydrogen) atoms. The number of piperazine rings is 1. The van der Waals surface area contributed by atoms with Gasteiger partial charge in [-0.15, -0.1) is 11.3 Å². The Bertz CT molecular complexity index is 1110. The van der Waals surface area contributed by atoms with Gasteiger partial charge in [-0.3, -0.25) is 10.1 Å². The fourth-order valence-corrected chi connectivity index (χ4v) is 5.47. The van der Waals surface area contributed by atoms with E-state index in [0.29, 0.717) is 26.2 Å². The van der Waals surface area contributed by atoms with Crippen molar-refractivity contribution < 1.29 is 13.3 Å². The Hall–Kier alpha value is -2.82. The number of non-ortho nitro benzene ring substituents is 1. The summed E-state index contributed by atoms with van der Waals surface area (Å²) in [4.78, 5) is 17.1. The van der Waals surface area contributed by atoms with E-state index in [1.165, 1.54) is 28.6 Å². The third kappa shape index (κ3) is 4.00. The van der Waals surface area contributed by atoms with Crippen LogP contribution < -0.4 is 4.90 Å². The maximum Gasteiger partial charge on any atom is 0.269 e. The van der Waals surface area contributed by atoms with Crippen molar-refractivity contribution >= 4 is 32.2 Å². The van der Waals surface area contributed by atoms with Gasteiger partial charge in [0.25, 0.3) is 5.69 Å². The topological polar surface area (TPSA) is 96.6 Å². The van der Waals surface area contributed by atoms with Crippen molar-refractivity contribution in [3.8, 4) is 11.3 Å². The van der Waals surface area contributed by atoms with Gasteiger partial charge in [-0.25, -0.2) is 13.4 Å². The zero-order chi connectivity index (χ0) is 20.4. The predicted octanol–water partition coefficient (Wildman–Crippen LogP) is 3.23. The summed E-state index contributed by atoms with van der Waals surface area (Å²) >= 11 is 1.54. The molecule has 3 aromatic rings. The van der Waals surface area contributed by atoms with Crippen LogP contribution in [0.15, 0.2) is 64.9 Å². The minimum Gasteiger partial charge on any atom is -0.345 e. The second-order valence-electron chi connectivity index (χ2n) is 6.52. The molecule has 1 aliphatic rings. The Balaban J connectivity index is 1.44. The first-order chi connectivity index (χ1) is 13.9. The molecule has 1 aliphatic heterocycles. The Morgan fingerprint density at radius 2 is 1.62 bits per heavy atom. The zero-order valence-electron chi connectivity index (χ0n) is 15.3. The predicted molar refractivity (Wildman–Crippen MR) is 112 cm³/mol. The molecule has 10 heteroatoms. The van der Waals surface area contributed by atoms with Gasteiger partial charge in [0, 0.05) is 49.3 Å². The molecule has 0 saturated carbocycles. The lowest BCUT2D eigenvalue weighted by molar-refractivity contribution is -0.384. The van der Waals surface area contributed by atoms with Crippen molar-refractivity contribution in [2.75, 3.05) is 31.1 Å². The molecule has 150 valence electrons. The summed E-state index contributed by atoms with van der Waals surface area (Å²) in [6, 6.07) is 14.9. The van der Waals surface area contributed by atoms with Gasteiger partial charge in [-0.1, -0.05) is 30.3 Å². The molecular formula is C19H18N4O4S2. The first-order valence-electron chi connectivity index (χ1n) is 8.96. The van der Waals surface area contributed by atoms with Gasteiger partial charge in [0.15, 0.2) is 5.13 Å². The average molecular weight is 431 g/mol. The van der Waals surface area contributed by atoms with Crippen molar-refractivity contribution in [3.63, 3.8) is 0 Å². The summed E-state index contributed by atoms with van der Waals surface area (Å²) in [5.74, 6) is 0. The van der Waals surface area contributed by atoms with E-state index in [2.05, 4.69) is 9.88 Å². The number of aromatic nitrogens is 1. The summed E-state index contributed by atoms with van der Waals surface area (Å²) in [6.45, 7) is 1.74. The number of rotatable bonds is 5. The van der Waals surface area contributed by atoms with Crippen molar-refractivity contribution in [1.82, 2.24) is 9.29 Å². The van der Waals surface area contributed by atoms with Crippen LogP contribution in [0, 0.1) is 10.1 Å². The monoisotopic (exact) mass is 430 g/mol. The SMILES string of the molecule is O=[N+]([O-])c1ccc(S(=O)(=O)N2CCN(c3nc(-c4ccccc4)cs3)CC2)cc1. The molecule has 0 aliphatic carbocycles. The van der Waals surface area contributed by atoms with Gasteiger partial charge in [-0.2, -0.15) is 4.31 Å². The molecule has 0 atom stereocenters. The molecule has 0 N–H and O–H groups in total. The largest absolute Gasteiger partial charge is 0.345 e. The molecule has 2 heterocycles. The molecule has 0 radical (unpaired) electrons. The van der Waals surface area contributed by atoms with E-state index in [0.717, 1.165) is 16.4 Å². The van der Waals surface area contributed by atoms with Crippen LogP contribution in [0.3, 0.4) is 0 Å². The molecule has 8 nitrogen and oxygen atoms in total. The number of anilines is 1. The fraction of sp³-hybridized carbons (Fsp3) is 0.211. The number of benzene rings is 2. The normalized spacial score (nSPS) is 15.4. The standard InChI is InChI=1S/C19H18N4O4S2/c24-23(25)16-6-8-17(9-7-16)29(26,27)22-12-10-21(11-13-22)19-20-18(14-28-19)15-4-2-1-3-5-15/h1-9,14H,10-13H2. The number of hydrogen-bond acceptors (Lipinski definition) is 7. The average Bonchev–Trinajstić information content (AvgIpc) is 3.25. The van der Waals surface area contributed by atoms with Crippen molar-refractivity contribution in [1.29, 1.82) is 0 Å². The first-order valence-corrected chi connectivity index (χ1v) is 11.3. The van der Waals surface area contributed by atoms with Gasteiger partial charge in [0.05, 0.1) is 15.5 Å². The quantitative estimate of drug-likeness (QED) is 0.455. The van der Waals surface area contributed by atoms with Crippen molar-refractivity contribution in [2.45, 2.75) is 4.90 Å². The van der Waals surface area contributed by atoms with Crippen LogP contribution in [-0.4, -0.2) is 48.8 Å². The van der Waals surface area contributed by atoms with Crippen LogP contribution in [-0.2, 0) is 10.0 Å². The van der Waals surface area contributed by atoms with Gasteiger partial charge < -0.3 is 4.90 Å². The molecule has 1 saturated heterocycles. The van der Waals surface area contributed by atoms with E-state index in [-0.39, 0.29) is 10.6 Å². The Kier molecular flexibility index (Phi) is 5.31. The minimum atomic E-state index is -3.68. The Morgan fingerprint density at radius 1 is 0.966 bits per heavy atom. The molecule has 2 aromatic carbocycles. The molecule has 0 amide bonds.